The molecule has 1 aromatic carbocycles. The number of aromatic nitrogens is 1. The fourth-order valence-corrected chi connectivity index (χ4v) is 2.09. The van der Waals surface area contributed by atoms with Crippen molar-refractivity contribution in [3.63, 3.8) is 0 Å². The normalized spacial score (nSPS) is 11.9. The second kappa shape index (κ2) is 3.42. The number of benzene rings is 1. The van der Waals surface area contributed by atoms with Crippen LogP contribution in [0.2, 0.25) is 0 Å². The molecule has 0 aliphatic carbocycles. The summed E-state index contributed by atoms with van der Waals surface area (Å²) < 4.78 is 1.13. The molecule has 0 radical (unpaired) electrons. The van der Waals surface area contributed by atoms with Gasteiger partial charge in [0.15, 0.2) is 5.78 Å². The van der Waals surface area contributed by atoms with E-state index >= 15 is 0 Å². The van der Waals surface area contributed by atoms with Crippen LogP contribution in [0.1, 0.15) is 31.1 Å². The molecule has 78 valence electrons. The fraction of sp³-hybridized carbons (Fsp3) is 0.333. The van der Waals surface area contributed by atoms with E-state index in [-0.39, 0.29) is 11.2 Å². The molecule has 0 aliphatic rings. The first-order valence-electron chi connectivity index (χ1n) is 4.86. The van der Waals surface area contributed by atoms with Crippen molar-refractivity contribution in [2.24, 2.45) is 5.41 Å². The Bertz CT molecular complexity index is 508. The third kappa shape index (κ3) is 1.92. The van der Waals surface area contributed by atoms with Gasteiger partial charge in [0.1, 0.15) is 0 Å². The lowest BCUT2D eigenvalue weighted by Crippen LogP contribution is -2.19. The highest BCUT2D eigenvalue weighted by Crippen LogP contribution is 2.24. The van der Waals surface area contributed by atoms with Gasteiger partial charge in [0, 0.05) is 11.0 Å². The van der Waals surface area contributed by atoms with E-state index in [9.17, 15) is 4.79 Å². The standard InChI is InChI=1S/C12H13NOS/c1-12(2,3)11(14)8-4-5-10-9(6-8)13-7-15-10/h4-7H,1-3H3. The third-order valence-corrected chi connectivity index (χ3v) is 3.08. The van der Waals surface area contributed by atoms with Gasteiger partial charge >= 0.3 is 0 Å². The van der Waals surface area contributed by atoms with Gasteiger partial charge in [0.05, 0.1) is 15.7 Å². The number of hydrogen-bond donors (Lipinski definition) is 0. The highest BCUT2D eigenvalue weighted by atomic mass is 32.1. The molecular weight excluding hydrogens is 206 g/mol. The van der Waals surface area contributed by atoms with Gasteiger partial charge in [0.25, 0.3) is 0 Å². The van der Waals surface area contributed by atoms with Crippen LogP contribution in [-0.2, 0) is 0 Å². The van der Waals surface area contributed by atoms with Gasteiger partial charge in [-0.05, 0) is 18.2 Å². The molecule has 1 heterocycles. The van der Waals surface area contributed by atoms with E-state index in [1.165, 1.54) is 0 Å². The molecule has 0 atom stereocenters. The van der Waals surface area contributed by atoms with Crippen LogP contribution in [0.4, 0.5) is 0 Å². The topological polar surface area (TPSA) is 30.0 Å². The average molecular weight is 219 g/mol. The average Bonchev–Trinajstić information content (AvgIpc) is 2.61. The summed E-state index contributed by atoms with van der Waals surface area (Å²) in [5.74, 6) is 0.164. The van der Waals surface area contributed by atoms with E-state index in [2.05, 4.69) is 4.98 Å². The minimum Gasteiger partial charge on any atom is -0.294 e. The second-order valence-corrected chi connectivity index (χ2v) is 5.50. The summed E-state index contributed by atoms with van der Waals surface area (Å²) >= 11 is 1.59. The summed E-state index contributed by atoms with van der Waals surface area (Å²) in [5, 5.41) is 0. The molecule has 0 bridgehead atoms. The Hall–Kier alpha value is -1.22. The van der Waals surface area contributed by atoms with Crippen LogP contribution in [-0.4, -0.2) is 10.8 Å². The van der Waals surface area contributed by atoms with Crippen molar-refractivity contribution in [1.29, 1.82) is 0 Å². The fourth-order valence-electron chi connectivity index (χ4n) is 1.43. The van der Waals surface area contributed by atoms with Gasteiger partial charge in [-0.1, -0.05) is 20.8 Å². The number of thiazole rings is 1. The van der Waals surface area contributed by atoms with Gasteiger partial charge in [-0.2, -0.15) is 0 Å². The molecule has 0 spiro atoms. The number of nitrogens with zero attached hydrogens (tertiary/aromatic N) is 1. The van der Waals surface area contributed by atoms with Crippen LogP contribution in [0.25, 0.3) is 10.2 Å². The van der Waals surface area contributed by atoms with Crippen molar-refractivity contribution in [3.05, 3.63) is 29.3 Å². The van der Waals surface area contributed by atoms with Crippen LogP contribution in [0.5, 0.6) is 0 Å². The summed E-state index contributed by atoms with van der Waals surface area (Å²) in [7, 11) is 0. The number of rotatable bonds is 1. The van der Waals surface area contributed by atoms with Crippen molar-refractivity contribution in [1.82, 2.24) is 4.98 Å². The molecule has 0 saturated heterocycles. The molecule has 3 heteroatoms. The SMILES string of the molecule is CC(C)(C)C(=O)c1ccc2scnc2c1. The molecule has 1 aromatic heterocycles. The summed E-state index contributed by atoms with van der Waals surface area (Å²) in [4.78, 5) is 16.2. The zero-order valence-electron chi connectivity index (χ0n) is 9.07. The largest absolute Gasteiger partial charge is 0.294 e. The van der Waals surface area contributed by atoms with Crippen LogP contribution in [0, 0.1) is 5.41 Å². The highest BCUT2D eigenvalue weighted by Gasteiger charge is 2.22. The highest BCUT2D eigenvalue weighted by molar-refractivity contribution is 7.16. The lowest BCUT2D eigenvalue weighted by Gasteiger charge is -2.16. The van der Waals surface area contributed by atoms with Crippen molar-refractivity contribution >= 4 is 27.3 Å². The molecule has 0 aliphatic heterocycles. The Balaban J connectivity index is 2.49. The first-order valence-corrected chi connectivity index (χ1v) is 5.74. The number of ketones is 1. The van der Waals surface area contributed by atoms with Gasteiger partial charge in [-0.25, -0.2) is 4.98 Å². The molecule has 0 amide bonds. The lowest BCUT2D eigenvalue weighted by molar-refractivity contribution is 0.0858. The third-order valence-electron chi connectivity index (χ3n) is 2.27. The molecule has 0 N–H and O–H groups in total. The molecule has 2 nitrogen and oxygen atoms in total. The molecule has 15 heavy (non-hydrogen) atoms. The zero-order chi connectivity index (χ0) is 11.1. The van der Waals surface area contributed by atoms with Crippen LogP contribution < -0.4 is 0 Å². The Labute approximate surface area is 93.0 Å². The Morgan fingerprint density at radius 3 is 2.73 bits per heavy atom. The first-order chi connectivity index (χ1) is 6.98. The molecule has 2 aromatic rings. The van der Waals surface area contributed by atoms with Crippen molar-refractivity contribution in [2.45, 2.75) is 20.8 Å². The Morgan fingerprint density at radius 2 is 2.07 bits per heavy atom. The Kier molecular flexibility index (Phi) is 2.35. The smallest absolute Gasteiger partial charge is 0.168 e. The van der Waals surface area contributed by atoms with Gasteiger partial charge in [-0.15, -0.1) is 11.3 Å². The van der Waals surface area contributed by atoms with Crippen molar-refractivity contribution in [3.8, 4) is 0 Å². The lowest BCUT2D eigenvalue weighted by atomic mass is 9.86. The van der Waals surface area contributed by atoms with Crippen LogP contribution in [0.3, 0.4) is 0 Å². The van der Waals surface area contributed by atoms with Gasteiger partial charge in [-0.3, -0.25) is 4.79 Å². The molecule has 2 rings (SSSR count). The molecule has 0 unspecified atom stereocenters. The predicted molar refractivity (Wildman–Crippen MR) is 63.4 cm³/mol. The molecular formula is C12H13NOS. The van der Waals surface area contributed by atoms with Gasteiger partial charge < -0.3 is 0 Å². The maximum atomic E-state index is 12.0. The maximum absolute atomic E-state index is 12.0. The van der Waals surface area contributed by atoms with E-state index < -0.39 is 0 Å². The number of fused-ring (bicyclic) bond motifs is 1. The van der Waals surface area contributed by atoms with E-state index in [0.29, 0.717) is 0 Å². The quantitative estimate of drug-likeness (QED) is 0.687. The first kappa shape index (κ1) is 10.3. The summed E-state index contributed by atoms with van der Waals surface area (Å²) in [6.45, 7) is 5.79. The summed E-state index contributed by atoms with van der Waals surface area (Å²) in [6.07, 6.45) is 0. The number of Topliss-reactive ketones (excluding diaryl/α,β-unsaturated/α-hetero) is 1. The number of hydrogen-bond acceptors (Lipinski definition) is 3. The van der Waals surface area contributed by atoms with E-state index in [1.54, 1.807) is 16.8 Å². The summed E-state index contributed by atoms with van der Waals surface area (Å²) in [6, 6.07) is 5.72. The predicted octanol–water partition coefficient (Wildman–Crippen LogP) is 3.53. The number of carbonyl (C=O) groups is 1. The minimum atomic E-state index is -0.330. The van der Waals surface area contributed by atoms with E-state index in [1.807, 2.05) is 39.0 Å². The van der Waals surface area contributed by atoms with E-state index in [4.69, 9.17) is 0 Å². The minimum absolute atomic E-state index is 0.164. The van der Waals surface area contributed by atoms with Crippen molar-refractivity contribution < 1.29 is 4.79 Å². The second-order valence-electron chi connectivity index (χ2n) is 4.61. The maximum Gasteiger partial charge on any atom is 0.168 e. The zero-order valence-corrected chi connectivity index (χ0v) is 9.89. The van der Waals surface area contributed by atoms with Crippen LogP contribution in [0.15, 0.2) is 23.7 Å². The van der Waals surface area contributed by atoms with Gasteiger partial charge in [0.2, 0.25) is 0 Å². The van der Waals surface area contributed by atoms with E-state index in [0.717, 1.165) is 15.8 Å². The number of carbonyl (C=O) groups excluding carboxylic acids is 1. The van der Waals surface area contributed by atoms with Crippen LogP contribution >= 0.6 is 11.3 Å². The molecule has 0 saturated carbocycles. The monoisotopic (exact) mass is 219 g/mol. The van der Waals surface area contributed by atoms with Crippen molar-refractivity contribution in [2.75, 3.05) is 0 Å². The molecule has 0 fully saturated rings. The summed E-state index contributed by atoms with van der Waals surface area (Å²) in [5.41, 5.74) is 3.13. The Morgan fingerprint density at radius 1 is 1.33 bits per heavy atom.